The molecule has 0 saturated carbocycles. The Morgan fingerprint density at radius 1 is 1.38 bits per heavy atom. The Labute approximate surface area is 128 Å². The highest BCUT2D eigenvalue weighted by molar-refractivity contribution is 7.98. The number of nitrogens with zero attached hydrogens (tertiary/aromatic N) is 4. The molecule has 21 heavy (non-hydrogen) atoms. The van der Waals surface area contributed by atoms with Gasteiger partial charge in [-0.15, -0.1) is 0 Å². The zero-order chi connectivity index (χ0) is 15.2. The number of aromatic nitrogens is 2. The van der Waals surface area contributed by atoms with Crippen molar-refractivity contribution in [3.63, 3.8) is 0 Å². The first-order chi connectivity index (χ1) is 10.2. The maximum absolute atomic E-state index is 8.94. The molecule has 0 spiro atoms. The summed E-state index contributed by atoms with van der Waals surface area (Å²) in [5.74, 6) is 6.77. The SMILES string of the molecule is CSc1nc(NN)cc(N(C)Cc2cccc(C#N)c2)n1. The van der Waals surface area contributed by atoms with Crippen LogP contribution in [-0.4, -0.2) is 23.3 Å². The predicted molar refractivity (Wildman–Crippen MR) is 84.9 cm³/mol. The molecule has 0 aliphatic carbocycles. The molecule has 1 aromatic heterocycles. The van der Waals surface area contributed by atoms with E-state index in [4.69, 9.17) is 11.1 Å². The normalized spacial score (nSPS) is 10.0. The molecule has 7 heteroatoms. The van der Waals surface area contributed by atoms with Crippen molar-refractivity contribution in [2.45, 2.75) is 11.7 Å². The number of hydrazine groups is 1. The van der Waals surface area contributed by atoms with Gasteiger partial charge in [-0.25, -0.2) is 15.8 Å². The van der Waals surface area contributed by atoms with Gasteiger partial charge in [0.1, 0.15) is 11.6 Å². The molecule has 0 bridgehead atoms. The van der Waals surface area contributed by atoms with Gasteiger partial charge in [0.05, 0.1) is 11.6 Å². The monoisotopic (exact) mass is 300 g/mol. The Hall–Kier alpha value is -2.30. The van der Waals surface area contributed by atoms with Gasteiger partial charge >= 0.3 is 0 Å². The van der Waals surface area contributed by atoms with E-state index in [0.29, 0.717) is 23.1 Å². The standard InChI is InChI=1S/C14H16N6S/c1-20(9-11-5-3-4-10(6-11)8-15)13-7-12(19-16)17-14(18-13)21-2/h3-7H,9,16H2,1-2H3,(H,17,18,19). The third-order valence-corrected chi connectivity index (χ3v) is 3.44. The summed E-state index contributed by atoms with van der Waals surface area (Å²) in [5, 5.41) is 9.59. The number of benzene rings is 1. The first-order valence-electron chi connectivity index (χ1n) is 6.26. The largest absolute Gasteiger partial charge is 0.355 e. The van der Waals surface area contributed by atoms with Gasteiger partial charge in [-0.3, -0.25) is 0 Å². The minimum absolute atomic E-state index is 0.571. The number of nitrogens with one attached hydrogen (secondary N) is 1. The Balaban J connectivity index is 2.23. The number of nitrogens with two attached hydrogens (primary N) is 1. The lowest BCUT2D eigenvalue weighted by Gasteiger charge is -2.19. The fourth-order valence-electron chi connectivity index (χ4n) is 1.87. The van der Waals surface area contributed by atoms with E-state index >= 15 is 0 Å². The minimum atomic E-state index is 0.571. The Morgan fingerprint density at radius 2 is 2.19 bits per heavy atom. The topological polar surface area (TPSA) is 90.9 Å². The Kier molecular flexibility index (Phi) is 4.98. The van der Waals surface area contributed by atoms with Crippen molar-refractivity contribution in [3.8, 4) is 6.07 Å². The van der Waals surface area contributed by atoms with Gasteiger partial charge in [0.2, 0.25) is 0 Å². The third kappa shape index (κ3) is 3.84. The van der Waals surface area contributed by atoms with Crippen LogP contribution in [0.5, 0.6) is 0 Å². The van der Waals surface area contributed by atoms with Gasteiger partial charge in [-0.1, -0.05) is 23.9 Å². The molecule has 0 radical (unpaired) electrons. The Bertz CT molecular complexity index is 645. The maximum Gasteiger partial charge on any atom is 0.191 e. The van der Waals surface area contributed by atoms with E-state index < -0.39 is 0 Å². The van der Waals surface area contributed by atoms with Crippen molar-refractivity contribution < 1.29 is 0 Å². The average molecular weight is 300 g/mol. The van der Waals surface area contributed by atoms with Crippen molar-refractivity contribution in [3.05, 3.63) is 41.5 Å². The van der Waals surface area contributed by atoms with E-state index in [9.17, 15) is 0 Å². The third-order valence-electron chi connectivity index (χ3n) is 2.89. The van der Waals surface area contributed by atoms with E-state index in [1.807, 2.05) is 36.4 Å². The summed E-state index contributed by atoms with van der Waals surface area (Å²) in [5.41, 5.74) is 4.24. The van der Waals surface area contributed by atoms with Crippen LogP contribution in [0.4, 0.5) is 11.6 Å². The molecule has 0 aliphatic heterocycles. The highest BCUT2D eigenvalue weighted by Crippen LogP contribution is 2.20. The maximum atomic E-state index is 8.94. The lowest BCUT2D eigenvalue weighted by Crippen LogP contribution is -2.19. The number of rotatable bonds is 5. The van der Waals surface area contributed by atoms with Crippen molar-refractivity contribution in [2.24, 2.45) is 5.84 Å². The number of anilines is 2. The first kappa shape index (κ1) is 15.1. The second-order valence-electron chi connectivity index (χ2n) is 4.41. The molecule has 1 aromatic carbocycles. The highest BCUT2D eigenvalue weighted by atomic mass is 32.2. The quantitative estimate of drug-likeness (QED) is 0.377. The molecule has 6 nitrogen and oxygen atoms in total. The molecule has 108 valence electrons. The minimum Gasteiger partial charge on any atom is -0.355 e. The van der Waals surface area contributed by atoms with Gasteiger partial charge in [-0.05, 0) is 24.0 Å². The second-order valence-corrected chi connectivity index (χ2v) is 5.18. The summed E-state index contributed by atoms with van der Waals surface area (Å²) in [6.45, 7) is 0.643. The van der Waals surface area contributed by atoms with E-state index in [1.165, 1.54) is 11.8 Å². The van der Waals surface area contributed by atoms with Gasteiger partial charge in [0, 0.05) is 19.7 Å². The molecule has 0 unspecified atom stereocenters. The van der Waals surface area contributed by atoms with Crippen LogP contribution in [-0.2, 0) is 6.54 Å². The zero-order valence-electron chi connectivity index (χ0n) is 11.9. The van der Waals surface area contributed by atoms with Crippen LogP contribution in [0.25, 0.3) is 0 Å². The van der Waals surface area contributed by atoms with Crippen LogP contribution in [0.15, 0.2) is 35.5 Å². The van der Waals surface area contributed by atoms with Crippen LogP contribution in [0.1, 0.15) is 11.1 Å². The number of thioether (sulfide) groups is 1. The van der Waals surface area contributed by atoms with Crippen molar-refractivity contribution in [1.82, 2.24) is 9.97 Å². The van der Waals surface area contributed by atoms with Gasteiger partial charge < -0.3 is 10.3 Å². The molecule has 2 rings (SSSR count). The molecule has 1 heterocycles. The number of nitrogen functional groups attached to an aromatic ring is 1. The van der Waals surface area contributed by atoms with Crippen LogP contribution >= 0.6 is 11.8 Å². The van der Waals surface area contributed by atoms with Gasteiger partial charge in [0.25, 0.3) is 0 Å². The number of nitriles is 1. The Morgan fingerprint density at radius 3 is 2.86 bits per heavy atom. The lowest BCUT2D eigenvalue weighted by molar-refractivity contribution is 0.857. The van der Waals surface area contributed by atoms with E-state index in [1.54, 1.807) is 12.1 Å². The van der Waals surface area contributed by atoms with Crippen molar-refractivity contribution >= 4 is 23.4 Å². The average Bonchev–Trinajstić information content (AvgIpc) is 2.54. The van der Waals surface area contributed by atoms with Gasteiger partial charge in [0.15, 0.2) is 5.16 Å². The highest BCUT2D eigenvalue weighted by Gasteiger charge is 2.08. The summed E-state index contributed by atoms with van der Waals surface area (Å²) in [4.78, 5) is 10.7. The predicted octanol–water partition coefficient (Wildman–Crippen LogP) is 1.99. The van der Waals surface area contributed by atoms with Crippen molar-refractivity contribution in [1.29, 1.82) is 5.26 Å². The number of hydrogen-bond acceptors (Lipinski definition) is 7. The summed E-state index contributed by atoms with van der Waals surface area (Å²) in [7, 11) is 1.94. The molecule has 0 amide bonds. The van der Waals surface area contributed by atoms with E-state index in [2.05, 4.69) is 21.5 Å². The first-order valence-corrected chi connectivity index (χ1v) is 7.48. The van der Waals surface area contributed by atoms with Gasteiger partial charge in [-0.2, -0.15) is 5.26 Å². The van der Waals surface area contributed by atoms with E-state index in [-0.39, 0.29) is 0 Å². The molecule has 0 atom stereocenters. The van der Waals surface area contributed by atoms with Crippen molar-refractivity contribution in [2.75, 3.05) is 23.6 Å². The number of hydrogen-bond donors (Lipinski definition) is 2. The van der Waals surface area contributed by atoms with Crippen LogP contribution in [0, 0.1) is 11.3 Å². The summed E-state index contributed by atoms with van der Waals surface area (Å²) >= 11 is 1.45. The smallest absolute Gasteiger partial charge is 0.191 e. The van der Waals surface area contributed by atoms with E-state index in [0.717, 1.165) is 11.4 Å². The molecular weight excluding hydrogens is 284 g/mol. The molecular formula is C14H16N6S. The molecule has 0 fully saturated rings. The van der Waals surface area contributed by atoms with Crippen LogP contribution in [0.3, 0.4) is 0 Å². The fraction of sp³-hybridized carbons (Fsp3) is 0.214. The van der Waals surface area contributed by atoms with Crippen LogP contribution in [0.2, 0.25) is 0 Å². The lowest BCUT2D eigenvalue weighted by atomic mass is 10.1. The fourth-order valence-corrected chi connectivity index (χ4v) is 2.24. The second kappa shape index (κ2) is 6.92. The molecule has 3 N–H and O–H groups in total. The molecule has 2 aromatic rings. The summed E-state index contributed by atoms with van der Waals surface area (Å²) < 4.78 is 0. The zero-order valence-corrected chi connectivity index (χ0v) is 12.7. The molecule has 0 saturated heterocycles. The summed E-state index contributed by atoms with van der Waals surface area (Å²) in [6.07, 6.45) is 1.91. The van der Waals surface area contributed by atoms with Crippen LogP contribution < -0.4 is 16.2 Å². The molecule has 0 aliphatic rings. The summed E-state index contributed by atoms with van der Waals surface area (Å²) in [6, 6.07) is 11.4.